The minimum Gasteiger partial charge on any atom is -0.456 e. The summed E-state index contributed by atoms with van der Waals surface area (Å²) in [4.78, 5) is 12.3. The van der Waals surface area contributed by atoms with Crippen molar-refractivity contribution in [1.29, 1.82) is 0 Å². The lowest BCUT2D eigenvalue weighted by Gasteiger charge is -2.24. The van der Waals surface area contributed by atoms with Crippen molar-refractivity contribution in [1.82, 2.24) is 0 Å². The lowest BCUT2D eigenvalue weighted by Crippen LogP contribution is -2.24. The molecule has 1 fully saturated rings. The Hall–Kier alpha value is -1.09. The van der Waals surface area contributed by atoms with Gasteiger partial charge in [-0.2, -0.15) is 0 Å². The molecule has 2 aliphatic rings. The van der Waals surface area contributed by atoms with E-state index in [1.807, 2.05) is 32.9 Å². The van der Waals surface area contributed by atoms with Crippen molar-refractivity contribution in [2.45, 2.75) is 64.9 Å². The summed E-state index contributed by atoms with van der Waals surface area (Å²) >= 11 is 3.79. The first kappa shape index (κ1) is 16.8. The maximum Gasteiger partial charge on any atom is 0.338 e. The molecule has 0 radical (unpaired) electrons. The number of halogens is 1. The van der Waals surface area contributed by atoms with E-state index in [9.17, 15) is 4.79 Å². The minimum absolute atomic E-state index is 0.234. The largest absolute Gasteiger partial charge is 0.456 e. The van der Waals surface area contributed by atoms with Crippen LogP contribution in [-0.2, 0) is 11.2 Å². The summed E-state index contributed by atoms with van der Waals surface area (Å²) in [5.41, 5.74) is 4.26. The van der Waals surface area contributed by atoms with Crippen LogP contribution in [0.4, 0.5) is 0 Å². The number of hydrogen-bond donors (Lipinski definition) is 0. The Bertz CT molecular complexity index is 646. The summed E-state index contributed by atoms with van der Waals surface area (Å²) in [6, 6.07) is 6.05. The van der Waals surface area contributed by atoms with Gasteiger partial charge in [0.2, 0.25) is 0 Å². The first-order valence-corrected chi connectivity index (χ1v) is 9.39. The van der Waals surface area contributed by atoms with Crippen molar-refractivity contribution in [3.63, 3.8) is 0 Å². The van der Waals surface area contributed by atoms with Gasteiger partial charge < -0.3 is 4.74 Å². The van der Waals surface area contributed by atoms with Gasteiger partial charge in [-0.15, -0.1) is 0 Å². The summed E-state index contributed by atoms with van der Waals surface area (Å²) in [5.74, 6) is 0.439. The smallest absolute Gasteiger partial charge is 0.338 e. The van der Waals surface area contributed by atoms with Crippen LogP contribution in [0.1, 0.15) is 74.4 Å². The van der Waals surface area contributed by atoms with Crippen molar-refractivity contribution in [2.75, 3.05) is 0 Å². The second-order valence-corrected chi connectivity index (χ2v) is 8.66. The van der Waals surface area contributed by atoms with Gasteiger partial charge >= 0.3 is 5.97 Å². The molecule has 0 saturated heterocycles. The molecule has 2 nitrogen and oxygen atoms in total. The number of ether oxygens (including phenoxy) is 1. The predicted molar refractivity (Wildman–Crippen MR) is 97.7 cm³/mol. The topological polar surface area (TPSA) is 26.3 Å². The second kappa shape index (κ2) is 6.43. The minimum atomic E-state index is -0.456. The van der Waals surface area contributed by atoms with E-state index < -0.39 is 5.60 Å². The molecular weight excluding hydrogens is 352 g/mol. The average Bonchev–Trinajstić information content (AvgIpc) is 2.81. The fourth-order valence-electron chi connectivity index (χ4n) is 3.71. The molecule has 3 rings (SSSR count). The number of carbonyl (C=O) groups is 1. The van der Waals surface area contributed by atoms with Crippen LogP contribution in [0.5, 0.6) is 0 Å². The van der Waals surface area contributed by atoms with Crippen LogP contribution >= 0.6 is 15.9 Å². The van der Waals surface area contributed by atoms with Gasteiger partial charge in [-0.05, 0) is 68.4 Å². The predicted octanol–water partition coefficient (Wildman–Crippen LogP) is 5.88. The summed E-state index contributed by atoms with van der Waals surface area (Å²) in [7, 11) is 0. The Balaban J connectivity index is 1.84. The molecule has 0 spiro atoms. The number of esters is 1. The fourth-order valence-corrected chi connectivity index (χ4v) is 4.55. The van der Waals surface area contributed by atoms with Crippen molar-refractivity contribution < 1.29 is 9.53 Å². The van der Waals surface area contributed by atoms with Crippen LogP contribution in [0.15, 0.2) is 22.7 Å². The van der Waals surface area contributed by atoms with Crippen LogP contribution in [0.2, 0.25) is 0 Å². The molecule has 0 aliphatic heterocycles. The van der Waals surface area contributed by atoms with Gasteiger partial charge in [-0.1, -0.05) is 41.3 Å². The van der Waals surface area contributed by atoms with E-state index in [4.69, 9.17) is 4.74 Å². The van der Waals surface area contributed by atoms with Gasteiger partial charge in [0.25, 0.3) is 0 Å². The monoisotopic (exact) mass is 376 g/mol. The molecule has 0 bridgehead atoms. The van der Waals surface area contributed by atoms with Crippen molar-refractivity contribution in [2.24, 2.45) is 5.92 Å². The molecule has 0 N–H and O–H groups in total. The van der Waals surface area contributed by atoms with Gasteiger partial charge in [-0.25, -0.2) is 4.79 Å². The third-order valence-corrected chi connectivity index (χ3v) is 5.39. The highest BCUT2D eigenvalue weighted by atomic mass is 79.9. The lowest BCUT2D eigenvalue weighted by atomic mass is 9.81. The maximum absolute atomic E-state index is 12.3. The Morgan fingerprint density at radius 1 is 1.17 bits per heavy atom. The highest BCUT2D eigenvalue weighted by Gasteiger charge is 2.29. The highest BCUT2D eigenvalue weighted by molar-refractivity contribution is 9.11. The Morgan fingerprint density at radius 2 is 1.87 bits per heavy atom. The number of hydrogen-bond acceptors (Lipinski definition) is 2. The molecule has 1 aromatic carbocycles. The summed E-state index contributed by atoms with van der Waals surface area (Å²) in [5, 5.41) is 0. The second-order valence-electron chi connectivity index (χ2n) is 7.70. The molecule has 0 heterocycles. The van der Waals surface area contributed by atoms with E-state index in [1.54, 1.807) is 0 Å². The Labute approximate surface area is 147 Å². The van der Waals surface area contributed by atoms with Gasteiger partial charge in [-0.3, -0.25) is 0 Å². The number of fused-ring (bicyclic) bond motifs is 1. The molecule has 2 aliphatic carbocycles. The molecule has 0 atom stereocenters. The third-order valence-electron chi connectivity index (χ3n) is 4.68. The highest BCUT2D eigenvalue weighted by Crippen LogP contribution is 2.45. The number of rotatable bonds is 2. The van der Waals surface area contributed by atoms with Crippen LogP contribution in [-0.4, -0.2) is 11.6 Å². The van der Waals surface area contributed by atoms with E-state index in [0.717, 1.165) is 6.42 Å². The number of benzene rings is 1. The summed E-state index contributed by atoms with van der Waals surface area (Å²) in [6.45, 7) is 5.70. The van der Waals surface area contributed by atoms with E-state index in [-0.39, 0.29) is 5.97 Å². The molecule has 0 unspecified atom stereocenters. The van der Waals surface area contributed by atoms with Crippen LogP contribution in [0.3, 0.4) is 0 Å². The molecular formula is C20H25BrO2. The van der Waals surface area contributed by atoms with Crippen LogP contribution < -0.4 is 0 Å². The van der Waals surface area contributed by atoms with E-state index in [1.165, 1.54) is 53.3 Å². The zero-order valence-electron chi connectivity index (χ0n) is 14.2. The average molecular weight is 377 g/mol. The SMILES string of the molecule is CC(C)(C)OC(=O)c1ccc2c(c1)CC(Br)=C2C1CCCCC1. The molecule has 1 saturated carbocycles. The molecule has 124 valence electrons. The molecule has 3 heteroatoms. The summed E-state index contributed by atoms with van der Waals surface area (Å²) < 4.78 is 6.80. The Kier molecular flexibility index (Phi) is 4.68. The van der Waals surface area contributed by atoms with E-state index >= 15 is 0 Å². The normalized spacial score (nSPS) is 19.0. The zero-order valence-corrected chi connectivity index (χ0v) is 15.8. The first-order valence-electron chi connectivity index (χ1n) is 8.60. The number of allylic oxidation sites excluding steroid dienone is 2. The number of carbonyl (C=O) groups excluding carboxylic acids is 1. The quantitative estimate of drug-likeness (QED) is 0.601. The van der Waals surface area contributed by atoms with Gasteiger partial charge in [0.15, 0.2) is 0 Å². The maximum atomic E-state index is 12.3. The van der Waals surface area contributed by atoms with Gasteiger partial charge in [0, 0.05) is 10.9 Å². The fraction of sp³-hybridized carbons (Fsp3) is 0.550. The van der Waals surface area contributed by atoms with E-state index in [0.29, 0.717) is 11.5 Å². The Morgan fingerprint density at radius 3 is 2.52 bits per heavy atom. The van der Waals surface area contributed by atoms with Crippen LogP contribution in [0, 0.1) is 5.92 Å². The summed E-state index contributed by atoms with van der Waals surface area (Å²) in [6.07, 6.45) is 7.51. The van der Waals surface area contributed by atoms with Crippen molar-refractivity contribution in [3.05, 3.63) is 39.4 Å². The van der Waals surface area contributed by atoms with Gasteiger partial charge in [0.05, 0.1) is 5.56 Å². The molecule has 1 aromatic rings. The first-order chi connectivity index (χ1) is 10.8. The third kappa shape index (κ3) is 3.71. The zero-order chi connectivity index (χ0) is 16.6. The van der Waals surface area contributed by atoms with Crippen LogP contribution in [0.25, 0.3) is 5.57 Å². The molecule has 0 amide bonds. The van der Waals surface area contributed by atoms with Crippen molar-refractivity contribution in [3.8, 4) is 0 Å². The standard InChI is InChI=1S/C20H25BrO2/c1-20(2,3)23-19(22)14-9-10-16-15(11-14)12-17(21)18(16)13-7-5-4-6-8-13/h9-11,13H,4-8,12H2,1-3H3. The molecule has 23 heavy (non-hydrogen) atoms. The molecule has 0 aromatic heterocycles. The van der Waals surface area contributed by atoms with Crippen molar-refractivity contribution >= 4 is 27.5 Å². The van der Waals surface area contributed by atoms with Gasteiger partial charge in [0.1, 0.15) is 5.60 Å². The lowest BCUT2D eigenvalue weighted by molar-refractivity contribution is 0.00694. The van der Waals surface area contributed by atoms with E-state index in [2.05, 4.69) is 22.0 Å².